The SMILES string of the molecule is CC(C)(C)C(=O)NCCC(=O)NC1CCc2cc(F)ccc21. The molecule has 4 nitrogen and oxygen atoms in total. The maximum atomic E-state index is 13.2. The molecule has 2 rings (SSSR count). The second-order valence-electron chi connectivity index (χ2n) is 6.76. The van der Waals surface area contributed by atoms with Crippen LogP contribution in [0.25, 0.3) is 0 Å². The van der Waals surface area contributed by atoms with Gasteiger partial charge in [-0.2, -0.15) is 0 Å². The first-order valence-electron chi connectivity index (χ1n) is 7.63. The second-order valence-corrected chi connectivity index (χ2v) is 6.76. The van der Waals surface area contributed by atoms with Crippen LogP contribution in [0.2, 0.25) is 0 Å². The van der Waals surface area contributed by atoms with E-state index in [0.29, 0.717) is 6.54 Å². The standard InChI is InChI=1S/C17H23FN2O2/c1-17(2,3)16(22)19-9-8-15(21)20-14-7-4-11-10-12(18)5-6-13(11)14/h5-6,10,14H,4,7-9H2,1-3H3,(H,19,22)(H,20,21). The fourth-order valence-electron chi connectivity index (χ4n) is 2.56. The Labute approximate surface area is 130 Å². The molecule has 0 saturated carbocycles. The summed E-state index contributed by atoms with van der Waals surface area (Å²) in [5.74, 6) is -0.408. The van der Waals surface area contributed by atoms with Gasteiger partial charge < -0.3 is 10.6 Å². The van der Waals surface area contributed by atoms with E-state index in [1.165, 1.54) is 12.1 Å². The fraction of sp³-hybridized carbons (Fsp3) is 0.529. The molecule has 2 amide bonds. The third kappa shape index (κ3) is 4.06. The first kappa shape index (κ1) is 16.5. The molecule has 0 aromatic heterocycles. The average molecular weight is 306 g/mol. The molecule has 0 heterocycles. The first-order valence-corrected chi connectivity index (χ1v) is 7.63. The van der Waals surface area contributed by atoms with E-state index in [-0.39, 0.29) is 30.1 Å². The number of carbonyl (C=O) groups excluding carboxylic acids is 2. The van der Waals surface area contributed by atoms with Crippen molar-refractivity contribution in [2.24, 2.45) is 5.41 Å². The summed E-state index contributed by atoms with van der Waals surface area (Å²) in [4.78, 5) is 23.7. The lowest BCUT2D eigenvalue weighted by Gasteiger charge is -2.18. The Kier molecular flexibility index (Phi) is 4.84. The van der Waals surface area contributed by atoms with Gasteiger partial charge in [0.2, 0.25) is 11.8 Å². The van der Waals surface area contributed by atoms with Crippen molar-refractivity contribution < 1.29 is 14.0 Å². The third-order valence-electron chi connectivity index (χ3n) is 3.84. The van der Waals surface area contributed by atoms with Crippen LogP contribution in [0, 0.1) is 11.2 Å². The number of hydrogen-bond donors (Lipinski definition) is 2. The number of halogens is 1. The highest BCUT2D eigenvalue weighted by atomic mass is 19.1. The molecule has 1 aliphatic carbocycles. The Morgan fingerprint density at radius 3 is 2.73 bits per heavy atom. The minimum atomic E-state index is -0.453. The van der Waals surface area contributed by atoms with Gasteiger partial charge in [0.15, 0.2) is 0 Å². The number of hydrogen-bond acceptors (Lipinski definition) is 2. The number of nitrogens with one attached hydrogen (secondary N) is 2. The van der Waals surface area contributed by atoms with Gasteiger partial charge >= 0.3 is 0 Å². The highest BCUT2D eigenvalue weighted by Crippen LogP contribution is 2.31. The van der Waals surface area contributed by atoms with Crippen LogP contribution in [0.4, 0.5) is 4.39 Å². The van der Waals surface area contributed by atoms with Crippen molar-refractivity contribution in [2.75, 3.05) is 6.54 Å². The normalized spacial score (nSPS) is 17.0. The van der Waals surface area contributed by atoms with Crippen LogP contribution < -0.4 is 10.6 Å². The molecule has 0 spiro atoms. The van der Waals surface area contributed by atoms with E-state index in [0.717, 1.165) is 24.0 Å². The summed E-state index contributed by atoms with van der Waals surface area (Å²) in [5, 5.41) is 5.71. The van der Waals surface area contributed by atoms with E-state index in [9.17, 15) is 14.0 Å². The fourth-order valence-corrected chi connectivity index (χ4v) is 2.56. The van der Waals surface area contributed by atoms with Gasteiger partial charge in [-0.15, -0.1) is 0 Å². The van der Waals surface area contributed by atoms with Crippen molar-refractivity contribution in [3.05, 3.63) is 35.1 Å². The van der Waals surface area contributed by atoms with Crippen molar-refractivity contribution in [3.8, 4) is 0 Å². The molecular weight excluding hydrogens is 283 g/mol. The molecule has 0 aliphatic heterocycles. The Morgan fingerprint density at radius 2 is 2.05 bits per heavy atom. The Bertz CT molecular complexity index is 579. The first-order chi connectivity index (χ1) is 10.3. The highest BCUT2D eigenvalue weighted by Gasteiger charge is 2.24. The van der Waals surface area contributed by atoms with Crippen LogP contribution in [0.15, 0.2) is 18.2 Å². The van der Waals surface area contributed by atoms with Crippen LogP contribution in [-0.2, 0) is 16.0 Å². The maximum absolute atomic E-state index is 13.2. The van der Waals surface area contributed by atoms with Gasteiger partial charge in [-0.25, -0.2) is 4.39 Å². The van der Waals surface area contributed by atoms with Crippen LogP contribution in [0.5, 0.6) is 0 Å². The average Bonchev–Trinajstić information content (AvgIpc) is 2.79. The summed E-state index contributed by atoms with van der Waals surface area (Å²) in [5.41, 5.74) is 1.50. The Morgan fingerprint density at radius 1 is 1.32 bits per heavy atom. The van der Waals surface area contributed by atoms with Crippen LogP contribution >= 0.6 is 0 Å². The van der Waals surface area contributed by atoms with Crippen molar-refractivity contribution in [1.82, 2.24) is 10.6 Å². The quantitative estimate of drug-likeness (QED) is 0.898. The van der Waals surface area contributed by atoms with E-state index in [2.05, 4.69) is 10.6 Å². The lowest BCUT2D eigenvalue weighted by Crippen LogP contribution is -2.37. The van der Waals surface area contributed by atoms with Gasteiger partial charge in [-0.1, -0.05) is 26.8 Å². The molecule has 1 aromatic carbocycles. The topological polar surface area (TPSA) is 58.2 Å². The van der Waals surface area contributed by atoms with Crippen molar-refractivity contribution in [2.45, 2.75) is 46.1 Å². The summed E-state index contributed by atoms with van der Waals surface area (Å²) in [6.45, 7) is 5.82. The van der Waals surface area contributed by atoms with E-state index in [1.54, 1.807) is 6.07 Å². The van der Waals surface area contributed by atoms with Crippen LogP contribution in [-0.4, -0.2) is 18.4 Å². The molecule has 0 saturated heterocycles. The van der Waals surface area contributed by atoms with Gasteiger partial charge in [0.1, 0.15) is 5.82 Å². The molecule has 5 heteroatoms. The minimum Gasteiger partial charge on any atom is -0.355 e. The summed E-state index contributed by atoms with van der Waals surface area (Å²) in [7, 11) is 0. The molecule has 0 bridgehead atoms. The third-order valence-corrected chi connectivity index (χ3v) is 3.84. The second kappa shape index (κ2) is 6.46. The van der Waals surface area contributed by atoms with Crippen molar-refractivity contribution in [3.63, 3.8) is 0 Å². The Hall–Kier alpha value is -1.91. The maximum Gasteiger partial charge on any atom is 0.225 e. The Balaban J connectivity index is 1.81. The van der Waals surface area contributed by atoms with E-state index < -0.39 is 5.41 Å². The van der Waals surface area contributed by atoms with E-state index >= 15 is 0 Å². The van der Waals surface area contributed by atoms with Crippen LogP contribution in [0.3, 0.4) is 0 Å². The number of amides is 2. The predicted molar refractivity (Wildman–Crippen MR) is 82.7 cm³/mol. The summed E-state index contributed by atoms with van der Waals surface area (Å²) in [6.07, 6.45) is 1.81. The molecule has 1 aromatic rings. The molecular formula is C17H23FN2O2. The number of fused-ring (bicyclic) bond motifs is 1. The van der Waals surface area contributed by atoms with E-state index in [1.807, 2.05) is 20.8 Å². The zero-order valence-electron chi connectivity index (χ0n) is 13.3. The number of aryl methyl sites for hydroxylation is 1. The largest absolute Gasteiger partial charge is 0.355 e. The molecule has 120 valence electrons. The van der Waals surface area contributed by atoms with Gasteiger partial charge in [-0.05, 0) is 36.1 Å². The molecule has 0 fully saturated rings. The van der Waals surface area contributed by atoms with Crippen LogP contribution in [0.1, 0.15) is 50.8 Å². The zero-order valence-corrected chi connectivity index (χ0v) is 13.3. The van der Waals surface area contributed by atoms with Crippen molar-refractivity contribution >= 4 is 11.8 Å². The predicted octanol–water partition coefficient (Wildman–Crippen LogP) is 2.48. The molecule has 22 heavy (non-hydrogen) atoms. The minimum absolute atomic E-state index is 0.0542. The molecule has 2 N–H and O–H groups in total. The van der Waals surface area contributed by atoms with Gasteiger partial charge in [0.05, 0.1) is 6.04 Å². The monoisotopic (exact) mass is 306 g/mol. The zero-order chi connectivity index (χ0) is 16.3. The summed E-state index contributed by atoms with van der Waals surface area (Å²) in [6, 6.07) is 4.64. The van der Waals surface area contributed by atoms with Crippen molar-refractivity contribution in [1.29, 1.82) is 0 Å². The lowest BCUT2D eigenvalue weighted by molar-refractivity contribution is -0.128. The smallest absolute Gasteiger partial charge is 0.225 e. The molecule has 1 aliphatic rings. The highest BCUT2D eigenvalue weighted by molar-refractivity contribution is 5.82. The number of benzene rings is 1. The van der Waals surface area contributed by atoms with E-state index in [4.69, 9.17) is 0 Å². The summed E-state index contributed by atoms with van der Waals surface area (Å²) >= 11 is 0. The number of rotatable bonds is 4. The lowest BCUT2D eigenvalue weighted by atomic mass is 9.96. The van der Waals surface area contributed by atoms with Gasteiger partial charge in [-0.3, -0.25) is 9.59 Å². The molecule has 1 atom stereocenters. The number of carbonyl (C=O) groups is 2. The summed E-state index contributed by atoms with van der Waals surface area (Å²) < 4.78 is 13.2. The van der Waals surface area contributed by atoms with Gasteiger partial charge in [0.25, 0.3) is 0 Å². The molecule has 1 unspecified atom stereocenters. The van der Waals surface area contributed by atoms with Gasteiger partial charge in [0, 0.05) is 18.4 Å². The molecule has 0 radical (unpaired) electrons.